The molecule has 16 heavy (non-hydrogen) atoms. The summed E-state index contributed by atoms with van der Waals surface area (Å²) in [5.41, 5.74) is 1.32. The first kappa shape index (κ1) is 10.9. The number of aromatic nitrogens is 2. The van der Waals surface area contributed by atoms with Crippen LogP contribution < -0.4 is 5.32 Å². The maximum absolute atomic E-state index is 4.28. The van der Waals surface area contributed by atoms with Gasteiger partial charge in [-0.05, 0) is 5.56 Å². The predicted octanol–water partition coefficient (Wildman–Crippen LogP) is 1.75. The van der Waals surface area contributed by atoms with E-state index in [9.17, 15) is 0 Å². The fourth-order valence-electron chi connectivity index (χ4n) is 1.67. The van der Waals surface area contributed by atoms with Gasteiger partial charge in [-0.1, -0.05) is 30.3 Å². The van der Waals surface area contributed by atoms with Crippen LogP contribution in [-0.4, -0.2) is 16.1 Å². The summed E-state index contributed by atoms with van der Waals surface area (Å²) in [5.74, 6) is 1.13. The van der Waals surface area contributed by atoms with Crippen molar-refractivity contribution in [1.82, 2.24) is 14.9 Å². The van der Waals surface area contributed by atoms with Gasteiger partial charge in [0.1, 0.15) is 5.82 Å². The van der Waals surface area contributed by atoms with Crippen molar-refractivity contribution in [2.75, 3.05) is 6.54 Å². The van der Waals surface area contributed by atoms with Gasteiger partial charge in [-0.25, -0.2) is 4.98 Å². The highest BCUT2D eigenvalue weighted by Gasteiger charge is 1.98. The molecule has 0 aliphatic heterocycles. The van der Waals surface area contributed by atoms with Crippen LogP contribution in [0.3, 0.4) is 0 Å². The molecule has 0 atom stereocenters. The molecule has 84 valence electrons. The number of aryl methyl sites for hydroxylation is 1. The lowest BCUT2D eigenvalue weighted by molar-refractivity contribution is 0.655. The molecule has 3 nitrogen and oxygen atoms in total. The van der Waals surface area contributed by atoms with Gasteiger partial charge in [0.15, 0.2) is 0 Å². The molecule has 0 saturated carbocycles. The van der Waals surface area contributed by atoms with Gasteiger partial charge in [-0.2, -0.15) is 0 Å². The average Bonchev–Trinajstić information content (AvgIpc) is 2.72. The Kier molecular flexibility index (Phi) is 3.72. The third kappa shape index (κ3) is 2.94. The van der Waals surface area contributed by atoms with Gasteiger partial charge in [0.25, 0.3) is 0 Å². The smallest absolute Gasteiger partial charge is 0.109 e. The van der Waals surface area contributed by atoms with E-state index in [1.807, 2.05) is 25.5 Å². The van der Waals surface area contributed by atoms with Gasteiger partial charge >= 0.3 is 0 Å². The lowest BCUT2D eigenvalue weighted by atomic mass is 10.2. The van der Waals surface area contributed by atoms with Crippen molar-refractivity contribution in [3.05, 3.63) is 54.1 Å². The molecule has 1 aromatic carbocycles. The van der Waals surface area contributed by atoms with E-state index in [0.29, 0.717) is 0 Å². The summed E-state index contributed by atoms with van der Waals surface area (Å²) in [6, 6.07) is 10.4. The lowest BCUT2D eigenvalue weighted by Gasteiger charge is -2.04. The van der Waals surface area contributed by atoms with E-state index in [1.54, 1.807) is 0 Å². The highest BCUT2D eigenvalue weighted by molar-refractivity contribution is 5.14. The highest BCUT2D eigenvalue weighted by atomic mass is 15.0. The molecule has 0 spiro atoms. The zero-order valence-corrected chi connectivity index (χ0v) is 9.56. The topological polar surface area (TPSA) is 29.9 Å². The number of hydrogen-bond donors (Lipinski definition) is 1. The summed E-state index contributed by atoms with van der Waals surface area (Å²) < 4.78 is 2.06. The third-order valence-corrected chi connectivity index (χ3v) is 2.62. The highest BCUT2D eigenvalue weighted by Crippen LogP contribution is 1.98. The number of nitrogens with zero attached hydrogens (tertiary/aromatic N) is 2. The quantitative estimate of drug-likeness (QED) is 0.770. The van der Waals surface area contributed by atoms with E-state index in [1.165, 1.54) is 5.56 Å². The number of nitrogens with one attached hydrogen (secondary N) is 1. The molecule has 3 heteroatoms. The average molecular weight is 215 g/mol. The SMILES string of the molecule is Cn1ccnc1CCNCc1ccccc1. The number of hydrogen-bond acceptors (Lipinski definition) is 2. The molecule has 1 aromatic heterocycles. The van der Waals surface area contributed by atoms with Crippen molar-refractivity contribution >= 4 is 0 Å². The maximum atomic E-state index is 4.28. The molecule has 0 fully saturated rings. The van der Waals surface area contributed by atoms with Crippen LogP contribution in [-0.2, 0) is 20.0 Å². The molecule has 2 aromatic rings. The van der Waals surface area contributed by atoms with Gasteiger partial charge in [0.05, 0.1) is 0 Å². The molecule has 0 aliphatic carbocycles. The zero-order chi connectivity index (χ0) is 11.2. The molecule has 1 N–H and O–H groups in total. The fourth-order valence-corrected chi connectivity index (χ4v) is 1.67. The summed E-state index contributed by atoms with van der Waals surface area (Å²) in [6.07, 6.45) is 4.79. The summed E-state index contributed by atoms with van der Waals surface area (Å²) >= 11 is 0. The number of rotatable bonds is 5. The molecule has 0 amide bonds. The first-order chi connectivity index (χ1) is 7.86. The second-order valence-electron chi connectivity index (χ2n) is 3.87. The van der Waals surface area contributed by atoms with Crippen molar-refractivity contribution in [2.24, 2.45) is 7.05 Å². The molecule has 2 rings (SSSR count). The van der Waals surface area contributed by atoms with Crippen LogP contribution in [0.15, 0.2) is 42.7 Å². The number of imidazole rings is 1. The molecule has 0 saturated heterocycles. The molecule has 0 bridgehead atoms. The Morgan fingerprint density at radius 3 is 2.75 bits per heavy atom. The Hall–Kier alpha value is -1.61. The minimum atomic E-state index is 0.922. The van der Waals surface area contributed by atoms with Crippen molar-refractivity contribution in [3.8, 4) is 0 Å². The van der Waals surface area contributed by atoms with Gasteiger partial charge < -0.3 is 9.88 Å². The van der Waals surface area contributed by atoms with Crippen molar-refractivity contribution < 1.29 is 0 Å². The third-order valence-electron chi connectivity index (χ3n) is 2.62. The molecular formula is C13H17N3. The normalized spacial score (nSPS) is 10.6. The standard InChI is InChI=1S/C13H17N3/c1-16-10-9-15-13(16)7-8-14-11-12-5-3-2-4-6-12/h2-6,9-10,14H,7-8,11H2,1H3. The van der Waals surface area contributed by atoms with Crippen LogP contribution >= 0.6 is 0 Å². The Bertz CT molecular complexity index is 420. The van der Waals surface area contributed by atoms with Gasteiger partial charge in [-0.3, -0.25) is 0 Å². The summed E-state index contributed by atoms with van der Waals surface area (Å²) in [7, 11) is 2.03. The van der Waals surface area contributed by atoms with Crippen molar-refractivity contribution in [3.63, 3.8) is 0 Å². The Morgan fingerprint density at radius 2 is 2.06 bits per heavy atom. The van der Waals surface area contributed by atoms with E-state index in [2.05, 4.69) is 39.1 Å². The second kappa shape index (κ2) is 5.47. The van der Waals surface area contributed by atoms with Crippen molar-refractivity contribution in [1.29, 1.82) is 0 Å². The maximum Gasteiger partial charge on any atom is 0.109 e. The molecule has 1 heterocycles. The first-order valence-corrected chi connectivity index (χ1v) is 5.57. The Balaban J connectivity index is 1.72. The van der Waals surface area contributed by atoms with Crippen LogP contribution in [0.5, 0.6) is 0 Å². The number of benzene rings is 1. The van der Waals surface area contributed by atoms with E-state index in [-0.39, 0.29) is 0 Å². The summed E-state index contributed by atoms with van der Waals surface area (Å²) in [4.78, 5) is 4.28. The molecule has 0 aliphatic rings. The monoisotopic (exact) mass is 215 g/mol. The van der Waals surface area contributed by atoms with Crippen LogP contribution in [0.1, 0.15) is 11.4 Å². The van der Waals surface area contributed by atoms with E-state index in [4.69, 9.17) is 0 Å². The summed E-state index contributed by atoms with van der Waals surface area (Å²) in [6.45, 7) is 1.88. The van der Waals surface area contributed by atoms with Crippen LogP contribution in [0.2, 0.25) is 0 Å². The molecule has 0 unspecified atom stereocenters. The second-order valence-corrected chi connectivity index (χ2v) is 3.87. The fraction of sp³-hybridized carbons (Fsp3) is 0.308. The minimum Gasteiger partial charge on any atom is -0.338 e. The Morgan fingerprint density at radius 1 is 1.25 bits per heavy atom. The largest absolute Gasteiger partial charge is 0.338 e. The van der Waals surface area contributed by atoms with E-state index in [0.717, 1.165) is 25.3 Å². The lowest BCUT2D eigenvalue weighted by Crippen LogP contribution is -2.18. The molecular weight excluding hydrogens is 198 g/mol. The minimum absolute atomic E-state index is 0.922. The first-order valence-electron chi connectivity index (χ1n) is 5.57. The van der Waals surface area contributed by atoms with Crippen molar-refractivity contribution in [2.45, 2.75) is 13.0 Å². The zero-order valence-electron chi connectivity index (χ0n) is 9.56. The Labute approximate surface area is 96.1 Å². The predicted molar refractivity (Wildman–Crippen MR) is 65.1 cm³/mol. The van der Waals surface area contributed by atoms with Crippen LogP contribution in [0.25, 0.3) is 0 Å². The van der Waals surface area contributed by atoms with Crippen LogP contribution in [0.4, 0.5) is 0 Å². The van der Waals surface area contributed by atoms with E-state index >= 15 is 0 Å². The summed E-state index contributed by atoms with van der Waals surface area (Å²) in [5, 5.41) is 3.41. The van der Waals surface area contributed by atoms with E-state index < -0.39 is 0 Å². The van der Waals surface area contributed by atoms with Gasteiger partial charge in [0, 0.05) is 39.0 Å². The molecule has 0 radical (unpaired) electrons. The van der Waals surface area contributed by atoms with Crippen LogP contribution in [0, 0.1) is 0 Å². The van der Waals surface area contributed by atoms with Gasteiger partial charge in [-0.15, -0.1) is 0 Å². The van der Waals surface area contributed by atoms with Gasteiger partial charge in [0.2, 0.25) is 0 Å².